The maximum Gasteiger partial charge on any atom is 0.224 e. The van der Waals surface area contributed by atoms with Gasteiger partial charge in [0, 0.05) is 56.9 Å². The van der Waals surface area contributed by atoms with Crippen molar-refractivity contribution in [2.24, 2.45) is 5.92 Å². The summed E-state index contributed by atoms with van der Waals surface area (Å²) in [7, 11) is -3.00. The van der Waals surface area contributed by atoms with Crippen molar-refractivity contribution in [2.75, 3.05) is 31.1 Å². The quantitative estimate of drug-likeness (QED) is 0.209. The highest BCUT2D eigenvalue weighted by Crippen LogP contribution is 2.28. The lowest BCUT2D eigenvalue weighted by atomic mass is 9.94. The Hall–Kier alpha value is -3.21. The summed E-state index contributed by atoms with van der Waals surface area (Å²) in [6.07, 6.45) is 2.03. The Labute approximate surface area is 271 Å². The standard InChI is InChI=1S/C35H45N3O5S2/c1-5-30(39)20-28(22-34-37-31-13-11-27(24(2)3)21-33(31)44-34)35(41)36-29(19-26-9-7-6-8-10-26)12-14-32(40)25(4)23-38-15-17-45(42,43)18-16-38/h6-11,13,21,24,28-29H,4-5,12,14-20,22-23H2,1-3H3,(H,36,41)/t28-,29+/m0/s1. The van der Waals surface area contributed by atoms with Gasteiger partial charge in [-0.1, -0.05) is 63.7 Å². The van der Waals surface area contributed by atoms with E-state index in [9.17, 15) is 22.8 Å². The smallest absolute Gasteiger partial charge is 0.224 e. The van der Waals surface area contributed by atoms with Crippen molar-refractivity contribution in [2.45, 2.75) is 71.3 Å². The van der Waals surface area contributed by atoms with E-state index in [4.69, 9.17) is 4.98 Å². The fourth-order valence-corrected chi connectivity index (χ4v) is 7.89. The molecule has 2 atom stereocenters. The van der Waals surface area contributed by atoms with Gasteiger partial charge in [0.1, 0.15) is 5.78 Å². The van der Waals surface area contributed by atoms with E-state index in [2.05, 4.69) is 37.9 Å². The lowest BCUT2D eigenvalue weighted by molar-refractivity contribution is -0.130. The molecule has 45 heavy (non-hydrogen) atoms. The van der Waals surface area contributed by atoms with Crippen LogP contribution in [-0.2, 0) is 37.1 Å². The number of carbonyl (C=O) groups is 3. The minimum Gasteiger partial charge on any atom is -0.353 e. The van der Waals surface area contributed by atoms with E-state index in [1.165, 1.54) is 5.56 Å². The number of nitrogens with one attached hydrogen (secondary N) is 1. The van der Waals surface area contributed by atoms with Gasteiger partial charge in [-0.05, 0) is 42.0 Å². The molecule has 1 amide bonds. The number of hydrogen-bond donors (Lipinski definition) is 1. The van der Waals surface area contributed by atoms with Crippen LogP contribution in [0.1, 0.15) is 68.5 Å². The van der Waals surface area contributed by atoms with Gasteiger partial charge in [0.2, 0.25) is 5.91 Å². The molecule has 3 aromatic rings. The molecule has 10 heteroatoms. The van der Waals surface area contributed by atoms with Gasteiger partial charge < -0.3 is 5.32 Å². The topological polar surface area (TPSA) is 114 Å². The third-order valence-corrected chi connectivity index (χ3v) is 11.1. The number of amides is 1. The van der Waals surface area contributed by atoms with Crippen LogP contribution in [0.5, 0.6) is 0 Å². The summed E-state index contributed by atoms with van der Waals surface area (Å²) >= 11 is 1.57. The number of benzene rings is 2. The van der Waals surface area contributed by atoms with Crippen LogP contribution in [0.25, 0.3) is 10.2 Å². The number of carbonyl (C=O) groups excluding carboxylic acids is 3. The zero-order valence-electron chi connectivity index (χ0n) is 26.6. The van der Waals surface area contributed by atoms with Crippen LogP contribution in [-0.4, -0.2) is 73.0 Å². The van der Waals surface area contributed by atoms with E-state index in [0.717, 1.165) is 20.8 Å². The van der Waals surface area contributed by atoms with Gasteiger partial charge in [0.05, 0.1) is 32.6 Å². The van der Waals surface area contributed by atoms with Crippen LogP contribution in [0.2, 0.25) is 0 Å². The molecule has 2 aromatic carbocycles. The summed E-state index contributed by atoms with van der Waals surface area (Å²) in [4.78, 5) is 46.2. The molecule has 0 saturated carbocycles. The Morgan fingerprint density at radius 1 is 1.04 bits per heavy atom. The summed E-state index contributed by atoms with van der Waals surface area (Å²) in [5.74, 6) is -0.259. The molecular formula is C35H45N3O5S2. The predicted molar refractivity (Wildman–Crippen MR) is 181 cm³/mol. The number of thiazole rings is 1. The second kappa shape index (κ2) is 15.9. The monoisotopic (exact) mass is 651 g/mol. The molecule has 0 radical (unpaired) electrons. The van der Waals surface area contributed by atoms with E-state index in [0.29, 0.717) is 56.8 Å². The van der Waals surface area contributed by atoms with Crippen molar-refractivity contribution in [3.05, 3.63) is 76.8 Å². The van der Waals surface area contributed by atoms with E-state index < -0.39 is 15.8 Å². The number of fused-ring (bicyclic) bond motifs is 1. The number of nitrogens with zero attached hydrogens (tertiary/aromatic N) is 2. The van der Waals surface area contributed by atoms with Crippen LogP contribution in [0.15, 0.2) is 60.7 Å². The number of rotatable bonds is 16. The van der Waals surface area contributed by atoms with E-state index >= 15 is 0 Å². The lowest BCUT2D eigenvalue weighted by Gasteiger charge is -2.27. The first-order chi connectivity index (χ1) is 21.4. The van der Waals surface area contributed by atoms with Crippen molar-refractivity contribution in [1.82, 2.24) is 15.2 Å². The van der Waals surface area contributed by atoms with Crippen LogP contribution in [0.3, 0.4) is 0 Å². The number of ketones is 2. The number of Topliss-reactive ketones (excluding diaryl/α,β-unsaturated/α-hetero) is 2. The van der Waals surface area contributed by atoms with Crippen LogP contribution in [0.4, 0.5) is 0 Å². The van der Waals surface area contributed by atoms with E-state index in [1.807, 2.05) is 48.2 Å². The molecule has 1 aromatic heterocycles. The molecule has 1 saturated heterocycles. The molecule has 1 aliphatic heterocycles. The fourth-order valence-electron chi connectivity index (χ4n) is 5.51. The zero-order chi connectivity index (χ0) is 32.6. The largest absolute Gasteiger partial charge is 0.353 e. The van der Waals surface area contributed by atoms with Crippen molar-refractivity contribution >= 4 is 48.9 Å². The van der Waals surface area contributed by atoms with Crippen molar-refractivity contribution in [3.8, 4) is 0 Å². The first-order valence-corrected chi connectivity index (χ1v) is 18.4. The summed E-state index contributed by atoms with van der Waals surface area (Å²) < 4.78 is 24.6. The van der Waals surface area contributed by atoms with Gasteiger partial charge >= 0.3 is 0 Å². The van der Waals surface area contributed by atoms with Crippen molar-refractivity contribution in [1.29, 1.82) is 0 Å². The molecule has 1 N–H and O–H groups in total. The fraction of sp³-hybridized carbons (Fsp3) is 0.486. The molecule has 1 aliphatic rings. The molecule has 4 rings (SSSR count). The van der Waals surface area contributed by atoms with Gasteiger partial charge in [-0.2, -0.15) is 0 Å². The maximum absolute atomic E-state index is 13.8. The first kappa shape index (κ1) is 34.7. The third kappa shape index (κ3) is 10.4. The molecule has 8 nitrogen and oxygen atoms in total. The minimum absolute atomic E-state index is 0.0231. The van der Waals surface area contributed by atoms with Crippen molar-refractivity contribution < 1.29 is 22.8 Å². The Balaban J connectivity index is 1.44. The Bertz CT molecular complexity index is 1600. The molecule has 242 valence electrons. The maximum atomic E-state index is 13.8. The van der Waals surface area contributed by atoms with Crippen molar-refractivity contribution in [3.63, 3.8) is 0 Å². The normalized spacial score (nSPS) is 16.4. The van der Waals surface area contributed by atoms with E-state index in [1.54, 1.807) is 11.3 Å². The number of aromatic nitrogens is 1. The number of hydrogen-bond acceptors (Lipinski definition) is 8. The summed E-state index contributed by atoms with van der Waals surface area (Å²) in [5.41, 5.74) is 3.61. The minimum atomic E-state index is -3.00. The van der Waals surface area contributed by atoms with Gasteiger partial charge in [-0.3, -0.25) is 19.3 Å². The molecular weight excluding hydrogens is 607 g/mol. The van der Waals surface area contributed by atoms with E-state index in [-0.39, 0.29) is 47.9 Å². The van der Waals surface area contributed by atoms with Crippen LogP contribution in [0, 0.1) is 5.92 Å². The van der Waals surface area contributed by atoms with Crippen LogP contribution >= 0.6 is 11.3 Å². The van der Waals surface area contributed by atoms with Gasteiger partial charge in [0.15, 0.2) is 15.6 Å². The molecule has 0 bridgehead atoms. The average molecular weight is 652 g/mol. The summed E-state index contributed by atoms with van der Waals surface area (Å²) in [5, 5.41) is 4.01. The highest BCUT2D eigenvalue weighted by Gasteiger charge is 2.27. The van der Waals surface area contributed by atoms with Gasteiger partial charge in [-0.15, -0.1) is 11.3 Å². The molecule has 0 spiro atoms. The Kier molecular flexibility index (Phi) is 12.2. The summed E-state index contributed by atoms with van der Waals surface area (Å²) in [6, 6.07) is 15.8. The van der Waals surface area contributed by atoms with Gasteiger partial charge in [-0.25, -0.2) is 13.4 Å². The lowest BCUT2D eigenvalue weighted by Crippen LogP contribution is -2.42. The Morgan fingerprint density at radius 3 is 2.42 bits per heavy atom. The molecule has 0 aliphatic carbocycles. The third-order valence-electron chi connectivity index (χ3n) is 8.42. The molecule has 1 fully saturated rings. The highest BCUT2D eigenvalue weighted by atomic mass is 32.2. The SMILES string of the molecule is C=C(CN1CCS(=O)(=O)CC1)C(=O)CC[C@H](Cc1ccccc1)NC(=O)[C@@H](CC(=O)CC)Cc1nc2ccc(C(C)C)cc2s1. The number of sulfone groups is 1. The predicted octanol–water partition coefficient (Wildman–Crippen LogP) is 5.31. The highest BCUT2D eigenvalue weighted by molar-refractivity contribution is 7.91. The molecule has 0 unspecified atom stereocenters. The molecule has 2 heterocycles. The van der Waals surface area contributed by atoms with Crippen LogP contribution < -0.4 is 5.32 Å². The summed E-state index contributed by atoms with van der Waals surface area (Å²) in [6.45, 7) is 11.2. The Morgan fingerprint density at radius 2 is 1.76 bits per heavy atom. The average Bonchev–Trinajstić information content (AvgIpc) is 3.42. The second-order valence-electron chi connectivity index (χ2n) is 12.4. The zero-order valence-corrected chi connectivity index (χ0v) is 28.2. The van der Waals surface area contributed by atoms with Gasteiger partial charge in [0.25, 0.3) is 0 Å². The first-order valence-electron chi connectivity index (χ1n) is 15.8. The second-order valence-corrected chi connectivity index (χ2v) is 15.8.